The smallest absolute Gasteiger partial charge is 0.0540 e. The summed E-state index contributed by atoms with van der Waals surface area (Å²) < 4.78 is 0. The first-order valence-corrected chi connectivity index (χ1v) is 7.15. The van der Waals surface area contributed by atoms with Crippen molar-refractivity contribution in [1.82, 2.24) is 0 Å². The number of rotatable bonds is 4. The molecule has 0 aliphatic heterocycles. The Hall–Kier alpha value is -2.24. The van der Waals surface area contributed by atoms with Crippen LogP contribution in [0.4, 0.5) is 5.69 Å². The molecule has 0 amide bonds. The van der Waals surface area contributed by atoms with E-state index in [0.29, 0.717) is 6.42 Å². The number of nitrogens with zero attached hydrogens (tertiary/aromatic N) is 1. The van der Waals surface area contributed by atoms with Gasteiger partial charge in [0.2, 0.25) is 0 Å². The molecule has 0 unspecified atom stereocenters. The molecule has 0 atom stereocenters. The predicted molar refractivity (Wildman–Crippen MR) is 88.3 cm³/mol. The van der Waals surface area contributed by atoms with Crippen molar-refractivity contribution in [3.8, 4) is 11.8 Å². The molecule has 0 radical (unpaired) electrons. The van der Waals surface area contributed by atoms with E-state index < -0.39 is 0 Å². The molecule has 0 saturated carbocycles. The standard InChI is InChI=1S/C19H21NO/c1-16-9-11-19(12-10-16)20(2)15-18-8-5-7-17(14-18)6-3-4-13-21/h5,7-12,14,21H,4,13,15H2,1-2H3. The van der Waals surface area contributed by atoms with Gasteiger partial charge in [-0.2, -0.15) is 0 Å². The van der Waals surface area contributed by atoms with Gasteiger partial charge in [0.05, 0.1) is 6.61 Å². The van der Waals surface area contributed by atoms with E-state index in [0.717, 1.165) is 12.1 Å². The highest BCUT2D eigenvalue weighted by Gasteiger charge is 2.02. The lowest BCUT2D eigenvalue weighted by Gasteiger charge is -2.19. The normalized spacial score (nSPS) is 9.86. The van der Waals surface area contributed by atoms with Gasteiger partial charge in [-0.05, 0) is 36.8 Å². The first-order chi connectivity index (χ1) is 10.2. The Bertz CT molecular complexity index is 635. The first kappa shape index (κ1) is 15.2. The van der Waals surface area contributed by atoms with Crippen LogP contribution in [-0.4, -0.2) is 18.8 Å². The minimum Gasteiger partial charge on any atom is -0.395 e. The molecule has 0 fully saturated rings. The van der Waals surface area contributed by atoms with Gasteiger partial charge in [0.25, 0.3) is 0 Å². The number of aliphatic hydroxyl groups excluding tert-OH is 1. The summed E-state index contributed by atoms with van der Waals surface area (Å²) in [7, 11) is 2.09. The second-order valence-corrected chi connectivity index (χ2v) is 5.17. The molecule has 2 aromatic carbocycles. The molecule has 2 heteroatoms. The molecule has 21 heavy (non-hydrogen) atoms. The zero-order chi connectivity index (χ0) is 15.1. The fraction of sp³-hybridized carbons (Fsp3) is 0.263. The van der Waals surface area contributed by atoms with Crippen LogP contribution in [-0.2, 0) is 6.54 Å². The summed E-state index contributed by atoms with van der Waals surface area (Å²) in [5.41, 5.74) is 4.71. The van der Waals surface area contributed by atoms with E-state index in [9.17, 15) is 0 Å². The minimum atomic E-state index is 0.114. The van der Waals surface area contributed by atoms with Crippen LogP contribution in [0.25, 0.3) is 0 Å². The van der Waals surface area contributed by atoms with Crippen LogP contribution in [0.5, 0.6) is 0 Å². The molecular weight excluding hydrogens is 258 g/mol. The van der Waals surface area contributed by atoms with Crippen LogP contribution in [0.3, 0.4) is 0 Å². The molecule has 0 saturated heterocycles. The number of hydrogen-bond donors (Lipinski definition) is 1. The van der Waals surface area contributed by atoms with Gasteiger partial charge in [-0.1, -0.05) is 41.7 Å². The maximum Gasteiger partial charge on any atom is 0.0540 e. The van der Waals surface area contributed by atoms with Crippen LogP contribution in [0.2, 0.25) is 0 Å². The molecule has 2 rings (SSSR count). The van der Waals surface area contributed by atoms with Gasteiger partial charge in [-0.15, -0.1) is 0 Å². The van der Waals surface area contributed by atoms with E-state index in [4.69, 9.17) is 5.11 Å². The lowest BCUT2D eigenvalue weighted by Crippen LogP contribution is -2.16. The van der Waals surface area contributed by atoms with Crippen molar-refractivity contribution in [2.24, 2.45) is 0 Å². The largest absolute Gasteiger partial charge is 0.395 e. The molecule has 108 valence electrons. The average molecular weight is 279 g/mol. The van der Waals surface area contributed by atoms with E-state index in [2.05, 4.69) is 67.1 Å². The molecule has 0 bridgehead atoms. The van der Waals surface area contributed by atoms with Crippen LogP contribution < -0.4 is 4.90 Å². The highest BCUT2D eigenvalue weighted by molar-refractivity contribution is 5.48. The highest BCUT2D eigenvalue weighted by Crippen LogP contribution is 2.16. The number of hydrogen-bond acceptors (Lipinski definition) is 2. The fourth-order valence-electron chi connectivity index (χ4n) is 2.13. The summed E-state index contributed by atoms with van der Waals surface area (Å²) in [6, 6.07) is 16.8. The van der Waals surface area contributed by atoms with E-state index in [1.807, 2.05) is 12.1 Å². The summed E-state index contributed by atoms with van der Waals surface area (Å²) in [5, 5.41) is 8.75. The molecule has 0 aliphatic carbocycles. The summed E-state index contributed by atoms with van der Waals surface area (Å²) in [6.45, 7) is 3.06. The molecule has 0 aromatic heterocycles. The molecule has 1 N–H and O–H groups in total. The summed E-state index contributed by atoms with van der Waals surface area (Å²) in [5.74, 6) is 6.03. The fourth-order valence-corrected chi connectivity index (χ4v) is 2.13. The second-order valence-electron chi connectivity index (χ2n) is 5.17. The zero-order valence-corrected chi connectivity index (χ0v) is 12.6. The Kier molecular flexibility index (Phi) is 5.43. The molecule has 2 nitrogen and oxygen atoms in total. The number of aryl methyl sites for hydroxylation is 1. The number of aliphatic hydroxyl groups is 1. The monoisotopic (exact) mass is 279 g/mol. The van der Waals surface area contributed by atoms with E-state index in [1.165, 1.54) is 16.8 Å². The van der Waals surface area contributed by atoms with E-state index in [1.54, 1.807) is 0 Å². The van der Waals surface area contributed by atoms with Gasteiger partial charge in [-0.25, -0.2) is 0 Å². The minimum absolute atomic E-state index is 0.114. The van der Waals surface area contributed by atoms with Gasteiger partial charge < -0.3 is 10.0 Å². The predicted octanol–water partition coefficient (Wildman–Crippen LogP) is 3.37. The van der Waals surface area contributed by atoms with Crippen molar-refractivity contribution < 1.29 is 5.11 Å². The summed E-state index contributed by atoms with van der Waals surface area (Å²) >= 11 is 0. The van der Waals surface area contributed by atoms with Crippen LogP contribution in [0.15, 0.2) is 48.5 Å². The van der Waals surface area contributed by atoms with Gasteiger partial charge in [-0.3, -0.25) is 0 Å². The molecular formula is C19H21NO. The van der Waals surface area contributed by atoms with Crippen LogP contribution in [0, 0.1) is 18.8 Å². The molecule has 0 heterocycles. The maximum atomic E-state index is 8.75. The Morgan fingerprint density at radius 2 is 1.86 bits per heavy atom. The van der Waals surface area contributed by atoms with Gasteiger partial charge >= 0.3 is 0 Å². The first-order valence-electron chi connectivity index (χ1n) is 7.15. The topological polar surface area (TPSA) is 23.5 Å². The Morgan fingerprint density at radius 1 is 1.10 bits per heavy atom. The van der Waals surface area contributed by atoms with Crippen LogP contribution in [0.1, 0.15) is 23.1 Å². The van der Waals surface area contributed by atoms with Crippen molar-refractivity contribution in [2.45, 2.75) is 19.9 Å². The van der Waals surface area contributed by atoms with Crippen molar-refractivity contribution >= 4 is 5.69 Å². The Labute approximate surface area is 127 Å². The van der Waals surface area contributed by atoms with Crippen molar-refractivity contribution in [3.63, 3.8) is 0 Å². The van der Waals surface area contributed by atoms with Gasteiger partial charge in [0, 0.05) is 31.3 Å². The second kappa shape index (κ2) is 7.52. The lowest BCUT2D eigenvalue weighted by molar-refractivity contribution is 0.305. The average Bonchev–Trinajstić information content (AvgIpc) is 2.48. The summed E-state index contributed by atoms with van der Waals surface area (Å²) in [4.78, 5) is 2.22. The zero-order valence-electron chi connectivity index (χ0n) is 12.6. The lowest BCUT2D eigenvalue weighted by atomic mass is 10.1. The van der Waals surface area contributed by atoms with E-state index >= 15 is 0 Å². The third-order valence-electron chi connectivity index (χ3n) is 3.29. The Morgan fingerprint density at radius 3 is 2.57 bits per heavy atom. The molecule has 0 spiro atoms. The Balaban J connectivity index is 2.07. The van der Waals surface area contributed by atoms with Crippen molar-refractivity contribution in [3.05, 3.63) is 65.2 Å². The maximum absolute atomic E-state index is 8.75. The van der Waals surface area contributed by atoms with Crippen molar-refractivity contribution in [1.29, 1.82) is 0 Å². The third-order valence-corrected chi connectivity index (χ3v) is 3.29. The highest BCUT2D eigenvalue weighted by atomic mass is 16.2. The molecule has 2 aromatic rings. The van der Waals surface area contributed by atoms with E-state index in [-0.39, 0.29) is 6.61 Å². The number of benzene rings is 2. The van der Waals surface area contributed by atoms with Gasteiger partial charge in [0.15, 0.2) is 0 Å². The van der Waals surface area contributed by atoms with Gasteiger partial charge in [0.1, 0.15) is 0 Å². The number of anilines is 1. The molecule has 0 aliphatic rings. The van der Waals surface area contributed by atoms with Crippen LogP contribution >= 0.6 is 0 Å². The summed E-state index contributed by atoms with van der Waals surface area (Å²) in [6.07, 6.45) is 0.521. The SMILES string of the molecule is Cc1ccc(N(C)Cc2cccc(C#CCCO)c2)cc1. The third kappa shape index (κ3) is 4.66. The quantitative estimate of drug-likeness (QED) is 0.867. The van der Waals surface area contributed by atoms with Crippen molar-refractivity contribution in [2.75, 3.05) is 18.6 Å².